The molecular formula is C11H9ClO. The monoisotopic (exact) mass is 192 g/mol. The van der Waals surface area contributed by atoms with Gasteiger partial charge in [0.2, 0.25) is 0 Å². The zero-order valence-corrected chi connectivity index (χ0v) is 8.06. The average Bonchev–Trinajstić information content (AvgIpc) is 2.45. The normalized spacial score (nSPS) is 14.3. The Morgan fingerprint density at radius 3 is 2.77 bits per heavy atom. The maximum absolute atomic E-state index is 11.7. The first-order valence-corrected chi connectivity index (χ1v) is 4.65. The van der Waals surface area contributed by atoms with Crippen LogP contribution in [0.3, 0.4) is 0 Å². The van der Waals surface area contributed by atoms with Crippen molar-refractivity contribution in [1.29, 1.82) is 0 Å². The molecule has 1 aliphatic carbocycles. The molecule has 1 nitrogen and oxygen atoms in total. The van der Waals surface area contributed by atoms with E-state index in [0.29, 0.717) is 5.02 Å². The molecular weight excluding hydrogens is 184 g/mol. The molecule has 0 bridgehead atoms. The highest BCUT2D eigenvalue weighted by molar-refractivity contribution is 6.34. The Kier molecular flexibility index (Phi) is 1.97. The Bertz CT molecular complexity index is 405. The van der Waals surface area contributed by atoms with Gasteiger partial charge in [-0.15, -0.1) is 0 Å². The molecule has 0 saturated heterocycles. The van der Waals surface area contributed by atoms with E-state index in [1.54, 1.807) is 0 Å². The summed E-state index contributed by atoms with van der Waals surface area (Å²) in [5.74, 6) is 0.125. The van der Waals surface area contributed by atoms with Gasteiger partial charge in [0.1, 0.15) is 0 Å². The molecule has 1 aromatic carbocycles. The van der Waals surface area contributed by atoms with Gasteiger partial charge in [-0.05, 0) is 18.6 Å². The molecule has 0 heterocycles. The predicted molar refractivity (Wildman–Crippen MR) is 54.1 cm³/mol. The molecule has 66 valence electrons. The van der Waals surface area contributed by atoms with Crippen LogP contribution in [-0.2, 0) is 0 Å². The fourth-order valence-corrected chi connectivity index (χ4v) is 1.79. The molecule has 0 aromatic heterocycles. The molecule has 1 aromatic rings. The zero-order valence-electron chi connectivity index (χ0n) is 7.30. The van der Waals surface area contributed by atoms with Gasteiger partial charge in [0.05, 0.1) is 0 Å². The van der Waals surface area contributed by atoms with Crippen LogP contribution in [-0.4, -0.2) is 5.78 Å². The predicted octanol–water partition coefficient (Wildman–Crippen LogP) is 3.33. The molecule has 2 heteroatoms. The summed E-state index contributed by atoms with van der Waals surface area (Å²) in [5, 5.41) is 0.661. The number of ketones is 1. The Morgan fingerprint density at radius 1 is 1.38 bits per heavy atom. The van der Waals surface area contributed by atoms with E-state index in [2.05, 4.69) is 0 Å². The van der Waals surface area contributed by atoms with Crippen LogP contribution in [0.15, 0.2) is 23.8 Å². The number of hydrogen-bond acceptors (Lipinski definition) is 1. The van der Waals surface area contributed by atoms with E-state index in [9.17, 15) is 4.79 Å². The lowest BCUT2D eigenvalue weighted by molar-refractivity contribution is 0.103. The van der Waals surface area contributed by atoms with Gasteiger partial charge in [-0.1, -0.05) is 30.7 Å². The maximum atomic E-state index is 11.7. The van der Waals surface area contributed by atoms with E-state index >= 15 is 0 Å². The summed E-state index contributed by atoms with van der Waals surface area (Å²) < 4.78 is 0. The lowest BCUT2D eigenvalue weighted by Crippen LogP contribution is -1.97. The van der Waals surface area contributed by atoms with Gasteiger partial charge in [-0.25, -0.2) is 0 Å². The fraction of sp³-hybridized carbons (Fsp3) is 0.182. The highest BCUT2D eigenvalue weighted by atomic mass is 35.5. The van der Waals surface area contributed by atoms with E-state index in [4.69, 9.17) is 11.6 Å². The number of carbonyl (C=O) groups is 1. The van der Waals surface area contributed by atoms with Crippen LogP contribution < -0.4 is 0 Å². The number of rotatable bonds is 1. The van der Waals surface area contributed by atoms with E-state index in [1.165, 1.54) is 0 Å². The quantitative estimate of drug-likeness (QED) is 0.667. The van der Waals surface area contributed by atoms with Crippen LogP contribution in [0.25, 0.3) is 6.08 Å². The van der Waals surface area contributed by atoms with Crippen molar-refractivity contribution in [3.63, 3.8) is 0 Å². The van der Waals surface area contributed by atoms with Crippen LogP contribution >= 0.6 is 11.6 Å². The Hall–Kier alpha value is -1.08. The van der Waals surface area contributed by atoms with Crippen molar-refractivity contribution in [2.75, 3.05) is 0 Å². The molecule has 0 radical (unpaired) electrons. The molecule has 0 spiro atoms. The van der Waals surface area contributed by atoms with Crippen molar-refractivity contribution < 1.29 is 4.79 Å². The van der Waals surface area contributed by atoms with Crippen molar-refractivity contribution in [2.45, 2.75) is 13.3 Å². The topological polar surface area (TPSA) is 17.1 Å². The summed E-state index contributed by atoms with van der Waals surface area (Å²) in [6.45, 7) is 1.98. The Balaban J connectivity index is 2.61. The van der Waals surface area contributed by atoms with Crippen molar-refractivity contribution in [1.82, 2.24) is 0 Å². The Morgan fingerprint density at radius 2 is 2.15 bits per heavy atom. The standard InChI is InChI=1S/C11H9ClO/c1-2-7-6-9-8(11(7)13)4-3-5-10(9)12/h3-6H,2H2,1H3. The summed E-state index contributed by atoms with van der Waals surface area (Å²) in [6, 6.07) is 5.44. The smallest absolute Gasteiger partial charge is 0.189 e. The minimum atomic E-state index is 0.125. The lowest BCUT2D eigenvalue weighted by atomic mass is 10.1. The first-order valence-electron chi connectivity index (χ1n) is 4.28. The third-order valence-corrected chi connectivity index (χ3v) is 2.62. The number of halogens is 1. The second kappa shape index (κ2) is 3.00. The minimum absolute atomic E-state index is 0.125. The molecule has 0 aliphatic heterocycles. The van der Waals surface area contributed by atoms with Crippen molar-refractivity contribution in [2.24, 2.45) is 0 Å². The lowest BCUT2D eigenvalue weighted by Gasteiger charge is -1.98. The number of Topliss-reactive ketones (excluding diaryl/α,β-unsaturated/α-hetero) is 1. The number of benzene rings is 1. The molecule has 0 atom stereocenters. The van der Waals surface area contributed by atoms with Gasteiger partial charge in [0, 0.05) is 21.7 Å². The largest absolute Gasteiger partial charge is 0.289 e. The summed E-state index contributed by atoms with van der Waals surface area (Å²) in [6.07, 6.45) is 2.66. The van der Waals surface area contributed by atoms with Crippen LogP contribution in [0.5, 0.6) is 0 Å². The SMILES string of the molecule is CCC1=Cc2c(Cl)cccc2C1=O. The van der Waals surface area contributed by atoms with Gasteiger partial charge >= 0.3 is 0 Å². The van der Waals surface area contributed by atoms with Gasteiger partial charge in [-0.3, -0.25) is 4.79 Å². The number of fused-ring (bicyclic) bond motifs is 1. The zero-order chi connectivity index (χ0) is 9.42. The first kappa shape index (κ1) is 8.52. The second-order valence-corrected chi connectivity index (χ2v) is 3.46. The third-order valence-electron chi connectivity index (χ3n) is 2.29. The van der Waals surface area contributed by atoms with Gasteiger partial charge in [0.25, 0.3) is 0 Å². The molecule has 1 aliphatic rings. The summed E-state index contributed by atoms with van der Waals surface area (Å²) in [7, 11) is 0. The van der Waals surface area contributed by atoms with E-state index in [-0.39, 0.29) is 5.78 Å². The van der Waals surface area contributed by atoms with Gasteiger partial charge in [-0.2, -0.15) is 0 Å². The highest BCUT2D eigenvalue weighted by Crippen LogP contribution is 2.31. The van der Waals surface area contributed by atoms with Crippen molar-refractivity contribution in [3.8, 4) is 0 Å². The van der Waals surface area contributed by atoms with E-state index < -0.39 is 0 Å². The molecule has 13 heavy (non-hydrogen) atoms. The van der Waals surface area contributed by atoms with E-state index in [0.717, 1.165) is 23.1 Å². The third kappa shape index (κ3) is 1.20. The molecule has 0 N–H and O–H groups in total. The number of allylic oxidation sites excluding steroid dienone is 1. The van der Waals surface area contributed by atoms with Gasteiger partial charge < -0.3 is 0 Å². The molecule has 0 fully saturated rings. The van der Waals surface area contributed by atoms with Gasteiger partial charge in [0.15, 0.2) is 5.78 Å². The molecule has 2 rings (SSSR count). The second-order valence-electron chi connectivity index (χ2n) is 3.05. The van der Waals surface area contributed by atoms with Crippen molar-refractivity contribution >= 4 is 23.5 Å². The fourth-order valence-electron chi connectivity index (χ4n) is 1.56. The molecule has 0 unspecified atom stereocenters. The summed E-state index contributed by atoms with van der Waals surface area (Å²) >= 11 is 5.96. The summed E-state index contributed by atoms with van der Waals surface area (Å²) in [4.78, 5) is 11.7. The average molecular weight is 193 g/mol. The van der Waals surface area contributed by atoms with Crippen LogP contribution in [0.1, 0.15) is 29.3 Å². The van der Waals surface area contributed by atoms with E-state index in [1.807, 2.05) is 31.2 Å². The first-order chi connectivity index (χ1) is 6.24. The van der Waals surface area contributed by atoms with Crippen LogP contribution in [0, 0.1) is 0 Å². The molecule has 0 amide bonds. The van der Waals surface area contributed by atoms with Crippen molar-refractivity contribution in [3.05, 3.63) is 39.9 Å². The Labute approximate surface area is 82.0 Å². The van der Waals surface area contributed by atoms with Crippen LogP contribution in [0.4, 0.5) is 0 Å². The van der Waals surface area contributed by atoms with Crippen LogP contribution in [0.2, 0.25) is 5.02 Å². The maximum Gasteiger partial charge on any atom is 0.189 e. The number of carbonyl (C=O) groups excluding carboxylic acids is 1. The number of hydrogen-bond donors (Lipinski definition) is 0. The molecule has 0 saturated carbocycles. The highest BCUT2D eigenvalue weighted by Gasteiger charge is 2.22. The minimum Gasteiger partial charge on any atom is -0.289 e. The summed E-state index contributed by atoms with van der Waals surface area (Å²) in [5.41, 5.74) is 2.47.